The van der Waals surface area contributed by atoms with Crippen molar-refractivity contribution in [1.82, 2.24) is 4.57 Å². The van der Waals surface area contributed by atoms with E-state index in [1.165, 1.54) is 0 Å². The molecule has 0 saturated carbocycles. The number of aromatic nitrogens is 1. The predicted molar refractivity (Wildman–Crippen MR) is 85.1 cm³/mol. The molecule has 1 aromatic heterocycles. The van der Waals surface area contributed by atoms with Gasteiger partial charge < -0.3 is 9.30 Å². The van der Waals surface area contributed by atoms with Gasteiger partial charge in [-0.1, -0.05) is 13.3 Å². The molecular weight excluding hydrogens is 276 g/mol. The Morgan fingerprint density at radius 3 is 2.55 bits per heavy atom. The second-order valence-electron chi connectivity index (χ2n) is 5.09. The minimum Gasteiger partial charge on any atom is -0.462 e. The number of hydrogen-bond acceptors (Lipinski definition) is 3. The lowest BCUT2D eigenvalue weighted by Gasteiger charge is -2.05. The summed E-state index contributed by atoms with van der Waals surface area (Å²) >= 11 is 0. The number of nitrogens with zero attached hydrogens (tertiary/aromatic N) is 2. The minimum atomic E-state index is -0.317. The van der Waals surface area contributed by atoms with E-state index in [0.29, 0.717) is 17.7 Å². The fraction of sp³-hybridized carbons (Fsp3) is 0.333. The van der Waals surface area contributed by atoms with Crippen LogP contribution in [-0.2, 0) is 11.2 Å². The number of unbranched alkanes of at least 4 members (excludes halogenated alkanes) is 1. The molecule has 0 N–H and O–H groups in total. The van der Waals surface area contributed by atoms with Crippen LogP contribution in [0.4, 0.5) is 0 Å². The zero-order valence-electron chi connectivity index (χ0n) is 13.0. The van der Waals surface area contributed by atoms with Gasteiger partial charge in [-0.05, 0) is 49.6 Å². The SMILES string of the molecule is CCCCc1cn(-c2ccc(C(=O)OCC)cc2)cc1C#N. The summed E-state index contributed by atoms with van der Waals surface area (Å²) in [5.74, 6) is -0.317. The maximum Gasteiger partial charge on any atom is 0.338 e. The normalized spacial score (nSPS) is 10.2. The van der Waals surface area contributed by atoms with Crippen molar-refractivity contribution in [3.8, 4) is 11.8 Å². The van der Waals surface area contributed by atoms with Crippen LogP contribution < -0.4 is 0 Å². The molecule has 0 aliphatic carbocycles. The lowest BCUT2D eigenvalue weighted by molar-refractivity contribution is 0.0526. The average molecular weight is 296 g/mol. The molecule has 4 heteroatoms. The van der Waals surface area contributed by atoms with Crippen LogP contribution in [0.2, 0.25) is 0 Å². The lowest BCUT2D eigenvalue weighted by atomic mass is 10.1. The van der Waals surface area contributed by atoms with Crippen molar-refractivity contribution in [3.63, 3.8) is 0 Å². The van der Waals surface area contributed by atoms with Gasteiger partial charge in [0.1, 0.15) is 6.07 Å². The van der Waals surface area contributed by atoms with Crippen LogP contribution in [-0.4, -0.2) is 17.1 Å². The molecule has 4 nitrogen and oxygen atoms in total. The molecule has 0 unspecified atom stereocenters. The highest BCUT2D eigenvalue weighted by Gasteiger charge is 2.09. The third-order valence-corrected chi connectivity index (χ3v) is 3.51. The maximum atomic E-state index is 11.6. The highest BCUT2D eigenvalue weighted by molar-refractivity contribution is 5.89. The Morgan fingerprint density at radius 2 is 1.95 bits per heavy atom. The molecule has 2 rings (SSSR count). The number of nitriles is 1. The van der Waals surface area contributed by atoms with Crippen LogP contribution >= 0.6 is 0 Å². The number of rotatable bonds is 6. The summed E-state index contributed by atoms with van der Waals surface area (Å²) in [6.45, 7) is 4.29. The number of carbonyl (C=O) groups excluding carboxylic acids is 1. The van der Waals surface area contributed by atoms with Gasteiger partial charge in [0.15, 0.2) is 0 Å². The fourth-order valence-electron chi connectivity index (χ4n) is 2.30. The number of benzene rings is 1. The first-order valence-electron chi connectivity index (χ1n) is 7.58. The Hall–Kier alpha value is -2.54. The van der Waals surface area contributed by atoms with E-state index >= 15 is 0 Å². The van der Waals surface area contributed by atoms with Crippen LogP contribution in [0.25, 0.3) is 5.69 Å². The number of esters is 1. The van der Waals surface area contributed by atoms with Crippen molar-refractivity contribution in [2.45, 2.75) is 33.1 Å². The summed E-state index contributed by atoms with van der Waals surface area (Å²) in [6, 6.07) is 9.44. The molecule has 0 saturated heterocycles. The second-order valence-corrected chi connectivity index (χ2v) is 5.09. The van der Waals surface area contributed by atoms with Gasteiger partial charge in [0.05, 0.1) is 17.7 Å². The average Bonchev–Trinajstić information content (AvgIpc) is 2.96. The van der Waals surface area contributed by atoms with Gasteiger partial charge in [0, 0.05) is 18.1 Å². The standard InChI is InChI=1S/C18H20N2O2/c1-3-5-6-15-12-20(13-16(15)11-19)17-9-7-14(8-10-17)18(21)22-4-2/h7-10,12-13H,3-6H2,1-2H3. The first-order chi connectivity index (χ1) is 10.7. The zero-order valence-corrected chi connectivity index (χ0v) is 13.0. The summed E-state index contributed by atoms with van der Waals surface area (Å²) in [6.07, 6.45) is 6.91. The smallest absolute Gasteiger partial charge is 0.338 e. The summed E-state index contributed by atoms with van der Waals surface area (Å²) in [4.78, 5) is 11.6. The monoisotopic (exact) mass is 296 g/mol. The zero-order chi connectivity index (χ0) is 15.9. The first kappa shape index (κ1) is 15.8. The quantitative estimate of drug-likeness (QED) is 0.760. The van der Waals surface area contributed by atoms with Crippen molar-refractivity contribution >= 4 is 5.97 Å². The Labute approximate surface area is 130 Å². The summed E-state index contributed by atoms with van der Waals surface area (Å²) in [7, 11) is 0. The van der Waals surface area contributed by atoms with Gasteiger partial charge in [-0.25, -0.2) is 4.79 Å². The van der Waals surface area contributed by atoms with Gasteiger partial charge >= 0.3 is 5.97 Å². The first-order valence-corrected chi connectivity index (χ1v) is 7.58. The van der Waals surface area contributed by atoms with E-state index in [4.69, 9.17) is 4.74 Å². The van der Waals surface area contributed by atoms with E-state index < -0.39 is 0 Å². The van der Waals surface area contributed by atoms with E-state index in [9.17, 15) is 10.1 Å². The van der Waals surface area contributed by atoms with Gasteiger partial charge in [0.25, 0.3) is 0 Å². The molecule has 0 aliphatic heterocycles. The molecule has 1 aromatic carbocycles. The third kappa shape index (κ3) is 3.56. The van der Waals surface area contributed by atoms with Crippen LogP contribution in [0, 0.1) is 11.3 Å². The summed E-state index contributed by atoms with van der Waals surface area (Å²) in [5, 5.41) is 9.23. The molecule has 0 atom stereocenters. The Morgan fingerprint density at radius 1 is 1.23 bits per heavy atom. The van der Waals surface area contributed by atoms with E-state index in [1.807, 2.05) is 29.1 Å². The predicted octanol–water partition coefficient (Wildman–Crippen LogP) is 3.87. The highest BCUT2D eigenvalue weighted by atomic mass is 16.5. The van der Waals surface area contributed by atoms with E-state index in [2.05, 4.69) is 13.0 Å². The molecule has 0 amide bonds. The molecule has 2 aromatic rings. The van der Waals surface area contributed by atoms with Gasteiger partial charge in [-0.3, -0.25) is 0 Å². The number of carbonyl (C=O) groups is 1. The highest BCUT2D eigenvalue weighted by Crippen LogP contribution is 2.18. The molecule has 0 bridgehead atoms. The minimum absolute atomic E-state index is 0.317. The molecule has 22 heavy (non-hydrogen) atoms. The third-order valence-electron chi connectivity index (χ3n) is 3.51. The topological polar surface area (TPSA) is 55.0 Å². The molecule has 0 aliphatic rings. The van der Waals surface area contributed by atoms with Crippen molar-refractivity contribution in [1.29, 1.82) is 5.26 Å². The van der Waals surface area contributed by atoms with E-state index in [1.54, 1.807) is 19.1 Å². The summed E-state index contributed by atoms with van der Waals surface area (Å²) < 4.78 is 6.90. The van der Waals surface area contributed by atoms with Crippen LogP contribution in [0.1, 0.15) is 48.2 Å². The van der Waals surface area contributed by atoms with Crippen LogP contribution in [0.15, 0.2) is 36.7 Å². The van der Waals surface area contributed by atoms with Gasteiger partial charge in [-0.2, -0.15) is 5.26 Å². The molecule has 0 fully saturated rings. The van der Waals surface area contributed by atoms with Gasteiger partial charge in [-0.15, -0.1) is 0 Å². The number of ether oxygens (including phenoxy) is 1. The van der Waals surface area contributed by atoms with Crippen molar-refractivity contribution in [3.05, 3.63) is 53.3 Å². The molecule has 0 radical (unpaired) electrons. The Bertz CT molecular complexity index is 678. The van der Waals surface area contributed by atoms with E-state index in [-0.39, 0.29) is 5.97 Å². The fourth-order valence-corrected chi connectivity index (χ4v) is 2.30. The van der Waals surface area contributed by atoms with Crippen LogP contribution in [0.5, 0.6) is 0 Å². The summed E-state index contributed by atoms with van der Waals surface area (Å²) in [5.41, 5.74) is 3.23. The largest absolute Gasteiger partial charge is 0.462 e. The van der Waals surface area contributed by atoms with Crippen molar-refractivity contribution < 1.29 is 9.53 Å². The van der Waals surface area contributed by atoms with Crippen LogP contribution in [0.3, 0.4) is 0 Å². The molecular formula is C18H20N2O2. The maximum absolute atomic E-state index is 11.6. The Kier molecular flexibility index (Phi) is 5.37. The van der Waals surface area contributed by atoms with Crippen molar-refractivity contribution in [2.75, 3.05) is 6.61 Å². The lowest BCUT2D eigenvalue weighted by Crippen LogP contribution is -2.04. The Balaban J connectivity index is 2.23. The van der Waals surface area contributed by atoms with E-state index in [0.717, 1.165) is 30.5 Å². The van der Waals surface area contributed by atoms with Crippen molar-refractivity contribution in [2.24, 2.45) is 0 Å². The number of hydrogen-bond donors (Lipinski definition) is 0. The number of aryl methyl sites for hydroxylation is 1. The molecule has 1 heterocycles. The van der Waals surface area contributed by atoms with Gasteiger partial charge in [0.2, 0.25) is 0 Å². The molecule has 0 spiro atoms. The second kappa shape index (κ2) is 7.46. The molecule has 114 valence electrons.